The molecule has 2 fully saturated rings. The molecule has 1 saturated carbocycles. The Kier molecular flexibility index (Phi) is 4.91. The number of rotatable bonds is 3. The van der Waals surface area contributed by atoms with Crippen LogP contribution in [0.5, 0.6) is 0 Å². The molecule has 0 aromatic heterocycles. The van der Waals surface area contributed by atoms with Crippen LogP contribution < -0.4 is 0 Å². The lowest BCUT2D eigenvalue weighted by atomic mass is 9.96. The highest BCUT2D eigenvalue weighted by molar-refractivity contribution is 7.99. The highest BCUT2D eigenvalue weighted by Gasteiger charge is 2.13. The lowest BCUT2D eigenvalue weighted by Crippen LogP contribution is -2.15. The molecule has 0 amide bonds. The van der Waals surface area contributed by atoms with Crippen LogP contribution in [0.1, 0.15) is 44.9 Å². The Morgan fingerprint density at radius 1 is 1.20 bits per heavy atom. The van der Waals surface area contributed by atoms with E-state index in [0.29, 0.717) is 0 Å². The minimum absolute atomic E-state index is 0.809. The third-order valence-corrected chi connectivity index (χ3v) is 4.62. The van der Waals surface area contributed by atoms with Gasteiger partial charge in [0.1, 0.15) is 0 Å². The molecule has 15 heavy (non-hydrogen) atoms. The topological polar surface area (TPSA) is 9.23 Å². The van der Waals surface area contributed by atoms with Crippen molar-refractivity contribution in [1.82, 2.24) is 0 Å². The van der Waals surface area contributed by atoms with Gasteiger partial charge in [-0.05, 0) is 55.6 Å². The van der Waals surface area contributed by atoms with Gasteiger partial charge in [0.25, 0.3) is 0 Å². The molecule has 1 saturated heterocycles. The van der Waals surface area contributed by atoms with Gasteiger partial charge < -0.3 is 4.74 Å². The number of hydrogen-bond donors (Lipinski definition) is 0. The first kappa shape index (κ1) is 11.4. The molecular weight excluding hydrogens is 204 g/mol. The first-order valence-electron chi connectivity index (χ1n) is 6.32. The minimum Gasteiger partial charge on any atom is -0.501 e. The Morgan fingerprint density at radius 2 is 2.07 bits per heavy atom. The van der Waals surface area contributed by atoms with Gasteiger partial charge in [-0.2, -0.15) is 11.8 Å². The van der Waals surface area contributed by atoms with E-state index in [1.807, 2.05) is 0 Å². The van der Waals surface area contributed by atoms with Crippen LogP contribution in [0, 0.1) is 5.92 Å². The SMILES string of the molecule is C(OCC1CCCSC1)=C1CCCCC1. The van der Waals surface area contributed by atoms with Crippen molar-refractivity contribution in [2.75, 3.05) is 18.1 Å². The van der Waals surface area contributed by atoms with E-state index >= 15 is 0 Å². The standard InChI is InChI=1S/C13H22OS/c1-2-5-12(6-3-1)9-14-10-13-7-4-8-15-11-13/h9,13H,1-8,10-11H2. The molecule has 1 atom stereocenters. The quantitative estimate of drug-likeness (QED) is 0.673. The maximum absolute atomic E-state index is 5.74. The third-order valence-electron chi connectivity index (χ3n) is 3.33. The summed E-state index contributed by atoms with van der Waals surface area (Å²) in [6.45, 7) is 0.955. The maximum Gasteiger partial charge on any atom is 0.0909 e. The van der Waals surface area contributed by atoms with Crippen LogP contribution >= 0.6 is 11.8 Å². The first-order chi connectivity index (χ1) is 7.45. The molecule has 2 rings (SSSR count). The van der Waals surface area contributed by atoms with E-state index in [2.05, 4.69) is 18.0 Å². The summed E-state index contributed by atoms with van der Waals surface area (Å²) in [6, 6.07) is 0. The van der Waals surface area contributed by atoms with Gasteiger partial charge in [-0.1, -0.05) is 6.42 Å². The smallest absolute Gasteiger partial charge is 0.0909 e. The van der Waals surface area contributed by atoms with E-state index in [1.54, 1.807) is 5.57 Å². The van der Waals surface area contributed by atoms with Crippen molar-refractivity contribution < 1.29 is 4.74 Å². The van der Waals surface area contributed by atoms with Gasteiger partial charge in [0.05, 0.1) is 12.9 Å². The average molecular weight is 226 g/mol. The molecule has 0 spiro atoms. The van der Waals surface area contributed by atoms with Gasteiger partial charge in [0.15, 0.2) is 0 Å². The van der Waals surface area contributed by atoms with E-state index in [0.717, 1.165) is 12.5 Å². The van der Waals surface area contributed by atoms with E-state index in [-0.39, 0.29) is 0 Å². The predicted molar refractivity (Wildman–Crippen MR) is 67.2 cm³/mol. The largest absolute Gasteiger partial charge is 0.501 e. The van der Waals surface area contributed by atoms with Crippen molar-refractivity contribution in [1.29, 1.82) is 0 Å². The van der Waals surface area contributed by atoms with Gasteiger partial charge in [0, 0.05) is 5.92 Å². The third kappa shape index (κ3) is 4.10. The zero-order valence-corrected chi connectivity index (χ0v) is 10.4. The van der Waals surface area contributed by atoms with Gasteiger partial charge in [-0.3, -0.25) is 0 Å². The Morgan fingerprint density at radius 3 is 2.80 bits per heavy atom. The minimum atomic E-state index is 0.809. The highest BCUT2D eigenvalue weighted by Crippen LogP contribution is 2.25. The predicted octanol–water partition coefficient (Wildman–Crippen LogP) is 3.99. The molecule has 1 heterocycles. The van der Waals surface area contributed by atoms with Crippen LogP contribution in [0.2, 0.25) is 0 Å². The molecule has 0 N–H and O–H groups in total. The van der Waals surface area contributed by atoms with E-state index in [1.165, 1.54) is 56.5 Å². The van der Waals surface area contributed by atoms with Crippen molar-refractivity contribution in [3.63, 3.8) is 0 Å². The van der Waals surface area contributed by atoms with Crippen molar-refractivity contribution in [2.24, 2.45) is 5.92 Å². The molecule has 0 radical (unpaired) electrons. The fraction of sp³-hybridized carbons (Fsp3) is 0.846. The molecule has 2 heteroatoms. The molecule has 0 bridgehead atoms. The maximum atomic E-state index is 5.74. The number of allylic oxidation sites excluding steroid dienone is 1. The molecule has 1 aliphatic heterocycles. The van der Waals surface area contributed by atoms with Crippen molar-refractivity contribution in [3.05, 3.63) is 11.8 Å². The number of ether oxygens (including phenoxy) is 1. The first-order valence-corrected chi connectivity index (χ1v) is 7.48. The Labute approximate surface area is 97.7 Å². The summed E-state index contributed by atoms with van der Waals surface area (Å²) in [4.78, 5) is 0. The van der Waals surface area contributed by atoms with Gasteiger partial charge in [-0.25, -0.2) is 0 Å². The van der Waals surface area contributed by atoms with Crippen molar-refractivity contribution in [2.45, 2.75) is 44.9 Å². The summed E-state index contributed by atoms with van der Waals surface area (Å²) >= 11 is 2.09. The summed E-state index contributed by atoms with van der Waals surface area (Å²) in [7, 11) is 0. The monoisotopic (exact) mass is 226 g/mol. The van der Waals surface area contributed by atoms with Gasteiger partial charge >= 0.3 is 0 Å². The lowest BCUT2D eigenvalue weighted by molar-refractivity contribution is 0.193. The van der Waals surface area contributed by atoms with Crippen LogP contribution in [-0.2, 0) is 4.74 Å². The molecule has 1 nitrogen and oxygen atoms in total. The second kappa shape index (κ2) is 6.47. The number of thioether (sulfide) groups is 1. The fourth-order valence-corrected chi connectivity index (χ4v) is 3.50. The molecular formula is C13H22OS. The lowest BCUT2D eigenvalue weighted by Gasteiger charge is -2.21. The zero-order chi connectivity index (χ0) is 10.3. The summed E-state index contributed by atoms with van der Waals surface area (Å²) in [6.07, 6.45) is 11.5. The number of hydrogen-bond acceptors (Lipinski definition) is 2. The van der Waals surface area contributed by atoms with Gasteiger partial charge in [0.2, 0.25) is 0 Å². The summed E-state index contributed by atoms with van der Waals surface area (Å²) in [5.41, 5.74) is 1.55. The summed E-state index contributed by atoms with van der Waals surface area (Å²) < 4.78 is 5.74. The average Bonchev–Trinajstić information content (AvgIpc) is 2.32. The molecule has 2 aliphatic rings. The van der Waals surface area contributed by atoms with E-state index in [9.17, 15) is 0 Å². The molecule has 0 aromatic carbocycles. The van der Waals surface area contributed by atoms with E-state index < -0.39 is 0 Å². The molecule has 86 valence electrons. The van der Waals surface area contributed by atoms with Crippen LogP contribution in [0.4, 0.5) is 0 Å². The second-order valence-electron chi connectivity index (χ2n) is 4.75. The van der Waals surface area contributed by atoms with Crippen LogP contribution in [0.15, 0.2) is 11.8 Å². The highest BCUT2D eigenvalue weighted by atomic mass is 32.2. The molecule has 1 unspecified atom stereocenters. The van der Waals surface area contributed by atoms with Crippen molar-refractivity contribution in [3.8, 4) is 0 Å². The van der Waals surface area contributed by atoms with Crippen molar-refractivity contribution >= 4 is 11.8 Å². The van der Waals surface area contributed by atoms with Gasteiger partial charge in [-0.15, -0.1) is 0 Å². The van der Waals surface area contributed by atoms with Crippen LogP contribution in [-0.4, -0.2) is 18.1 Å². The van der Waals surface area contributed by atoms with E-state index in [4.69, 9.17) is 4.74 Å². The van der Waals surface area contributed by atoms with Crippen LogP contribution in [0.3, 0.4) is 0 Å². The summed E-state index contributed by atoms with van der Waals surface area (Å²) in [5, 5.41) is 0. The van der Waals surface area contributed by atoms with Crippen LogP contribution in [0.25, 0.3) is 0 Å². The Hall–Kier alpha value is -0.110. The Balaban J connectivity index is 1.64. The Bertz CT molecular complexity index is 199. The fourth-order valence-electron chi connectivity index (χ4n) is 2.36. The molecule has 1 aliphatic carbocycles. The summed E-state index contributed by atoms with van der Waals surface area (Å²) in [5.74, 6) is 3.48. The molecule has 0 aromatic rings. The second-order valence-corrected chi connectivity index (χ2v) is 5.90. The zero-order valence-electron chi connectivity index (χ0n) is 9.54. The normalized spacial score (nSPS) is 27.5.